The zero-order valence-electron chi connectivity index (χ0n) is 10.1. The molecule has 100 valence electrons. The second-order valence-corrected chi connectivity index (χ2v) is 5.15. The Morgan fingerprint density at radius 2 is 2.06 bits per heavy atom. The van der Waals surface area contributed by atoms with Crippen LogP contribution in [0.15, 0.2) is 0 Å². The molecule has 0 aromatic rings. The van der Waals surface area contributed by atoms with Crippen molar-refractivity contribution in [2.45, 2.75) is 51.4 Å². The van der Waals surface area contributed by atoms with Crippen molar-refractivity contribution in [3.05, 3.63) is 0 Å². The summed E-state index contributed by atoms with van der Waals surface area (Å²) in [4.78, 5) is 1.45. The molecule has 0 spiro atoms. The molecule has 1 aliphatic rings. The predicted molar refractivity (Wildman–Crippen MR) is 65.8 cm³/mol. The van der Waals surface area contributed by atoms with E-state index in [2.05, 4.69) is 12.2 Å². The molecule has 1 fully saturated rings. The van der Waals surface area contributed by atoms with Crippen LogP contribution in [-0.2, 0) is 0 Å². The Morgan fingerprint density at radius 3 is 2.47 bits per heavy atom. The van der Waals surface area contributed by atoms with Crippen LogP contribution in [-0.4, -0.2) is 34.7 Å². The summed E-state index contributed by atoms with van der Waals surface area (Å²) in [5, 5.41) is 0. The molecule has 0 aromatic carbocycles. The van der Waals surface area contributed by atoms with E-state index in [0.29, 0.717) is 0 Å². The quantitative estimate of drug-likeness (QED) is 0.795. The lowest BCUT2D eigenvalue weighted by atomic mass is 10.1. The summed E-state index contributed by atoms with van der Waals surface area (Å²) >= 11 is 4.54. The molecule has 0 aliphatic carbocycles. The Kier molecular flexibility index (Phi) is 4.77. The van der Waals surface area contributed by atoms with Gasteiger partial charge in [-0.2, -0.15) is 13.2 Å². The minimum absolute atomic E-state index is 0.0987. The Bertz CT molecular complexity index is 280. The molecule has 3 unspecified atom stereocenters. The van der Waals surface area contributed by atoms with Crippen LogP contribution in [0.5, 0.6) is 0 Å². The zero-order chi connectivity index (χ0) is 13.2. The Morgan fingerprint density at radius 1 is 1.47 bits per heavy atom. The molecule has 6 heteroatoms. The molecule has 1 rings (SSSR count). The standard InChI is InChI=1S/C11H19F3N2S/c1-3-8-5-4-7(2)16(8)6-9(10(15)17)11(12,13)14/h7-9H,3-6H2,1-2H3,(H2,15,17). The average Bonchev–Trinajstić information content (AvgIpc) is 2.53. The van der Waals surface area contributed by atoms with E-state index in [9.17, 15) is 13.2 Å². The van der Waals surface area contributed by atoms with Crippen LogP contribution >= 0.6 is 12.2 Å². The van der Waals surface area contributed by atoms with Crippen molar-refractivity contribution in [1.82, 2.24) is 4.90 Å². The fourth-order valence-electron chi connectivity index (χ4n) is 2.46. The van der Waals surface area contributed by atoms with E-state index in [1.54, 1.807) is 0 Å². The van der Waals surface area contributed by atoms with E-state index >= 15 is 0 Å². The highest BCUT2D eigenvalue weighted by Crippen LogP contribution is 2.32. The summed E-state index contributed by atoms with van der Waals surface area (Å²) in [6, 6.07) is 0.406. The first kappa shape index (κ1) is 14.7. The van der Waals surface area contributed by atoms with Crippen LogP contribution < -0.4 is 5.73 Å². The lowest BCUT2D eigenvalue weighted by molar-refractivity contribution is -0.160. The summed E-state index contributed by atoms with van der Waals surface area (Å²) in [6.07, 6.45) is -1.57. The van der Waals surface area contributed by atoms with Crippen molar-refractivity contribution in [2.75, 3.05) is 6.54 Å². The molecule has 2 nitrogen and oxygen atoms in total. The first-order chi connectivity index (χ1) is 7.77. The summed E-state index contributed by atoms with van der Waals surface area (Å²) in [7, 11) is 0. The molecule has 2 N–H and O–H groups in total. The molecule has 0 radical (unpaired) electrons. The number of nitrogens with two attached hydrogens (primary N) is 1. The predicted octanol–water partition coefficient (Wildman–Crippen LogP) is 2.71. The van der Waals surface area contributed by atoms with Crippen LogP contribution in [0.4, 0.5) is 13.2 Å². The Labute approximate surface area is 105 Å². The SMILES string of the molecule is CCC1CCC(C)N1CC(C(N)=S)C(F)(F)F. The van der Waals surface area contributed by atoms with E-state index in [-0.39, 0.29) is 18.6 Å². The number of hydrogen-bond acceptors (Lipinski definition) is 2. The van der Waals surface area contributed by atoms with Gasteiger partial charge in [-0.3, -0.25) is 4.90 Å². The second kappa shape index (κ2) is 5.52. The first-order valence-corrected chi connectivity index (χ1v) is 6.30. The van der Waals surface area contributed by atoms with Crippen molar-refractivity contribution in [1.29, 1.82) is 0 Å². The first-order valence-electron chi connectivity index (χ1n) is 5.89. The number of likely N-dealkylation sites (tertiary alicyclic amines) is 1. The van der Waals surface area contributed by atoms with Gasteiger partial charge in [-0.05, 0) is 26.2 Å². The van der Waals surface area contributed by atoms with E-state index in [0.717, 1.165) is 19.3 Å². The van der Waals surface area contributed by atoms with Gasteiger partial charge in [0.05, 0.1) is 4.99 Å². The molecule has 0 aromatic heterocycles. The highest BCUT2D eigenvalue weighted by molar-refractivity contribution is 7.80. The van der Waals surface area contributed by atoms with Crippen LogP contribution in [0.2, 0.25) is 0 Å². The number of thiocarbonyl (C=S) groups is 1. The number of halogens is 3. The maximum atomic E-state index is 12.8. The van der Waals surface area contributed by atoms with Crippen LogP contribution in [0.25, 0.3) is 0 Å². The van der Waals surface area contributed by atoms with Gasteiger partial charge in [0.25, 0.3) is 0 Å². The highest BCUT2D eigenvalue weighted by atomic mass is 32.1. The molecule has 1 heterocycles. The molecule has 0 saturated carbocycles. The Balaban J connectivity index is 2.76. The number of rotatable bonds is 4. The van der Waals surface area contributed by atoms with Crippen LogP contribution in [0, 0.1) is 5.92 Å². The zero-order valence-corrected chi connectivity index (χ0v) is 10.9. The fraction of sp³-hybridized carbons (Fsp3) is 0.909. The van der Waals surface area contributed by atoms with Gasteiger partial charge in [0.15, 0.2) is 0 Å². The molecule has 0 amide bonds. The summed E-state index contributed by atoms with van der Waals surface area (Å²) < 4.78 is 38.4. The van der Waals surface area contributed by atoms with Crippen molar-refractivity contribution in [2.24, 2.45) is 11.7 Å². The third-order valence-electron chi connectivity index (χ3n) is 3.56. The fourth-order valence-corrected chi connectivity index (χ4v) is 2.67. The molecule has 17 heavy (non-hydrogen) atoms. The van der Waals surface area contributed by atoms with Gasteiger partial charge in [0.1, 0.15) is 5.92 Å². The normalized spacial score (nSPS) is 28.3. The van der Waals surface area contributed by atoms with Gasteiger partial charge in [-0.15, -0.1) is 0 Å². The maximum absolute atomic E-state index is 12.8. The third kappa shape index (κ3) is 3.55. The molecule has 1 saturated heterocycles. The molecule has 0 bridgehead atoms. The van der Waals surface area contributed by atoms with Crippen molar-refractivity contribution in [3.63, 3.8) is 0 Å². The summed E-state index contributed by atoms with van der Waals surface area (Å²) in [5.41, 5.74) is 5.22. The van der Waals surface area contributed by atoms with Crippen molar-refractivity contribution in [3.8, 4) is 0 Å². The summed E-state index contributed by atoms with van der Waals surface area (Å²) in [5.74, 6) is -1.69. The van der Waals surface area contributed by atoms with Crippen molar-refractivity contribution >= 4 is 17.2 Å². The van der Waals surface area contributed by atoms with Gasteiger partial charge in [-0.25, -0.2) is 0 Å². The van der Waals surface area contributed by atoms with E-state index in [4.69, 9.17) is 5.73 Å². The molecular formula is C11H19F3N2S. The van der Waals surface area contributed by atoms with E-state index in [1.807, 2.05) is 18.7 Å². The van der Waals surface area contributed by atoms with Gasteiger partial charge in [0.2, 0.25) is 0 Å². The number of nitrogens with zero attached hydrogens (tertiary/aromatic N) is 1. The minimum atomic E-state index is -4.34. The van der Waals surface area contributed by atoms with Gasteiger partial charge < -0.3 is 5.73 Å². The molecule has 1 aliphatic heterocycles. The maximum Gasteiger partial charge on any atom is 0.399 e. The lowest BCUT2D eigenvalue weighted by Gasteiger charge is -2.32. The number of hydrogen-bond donors (Lipinski definition) is 1. The summed E-state index contributed by atoms with van der Waals surface area (Å²) in [6.45, 7) is 3.86. The van der Waals surface area contributed by atoms with Gasteiger partial charge in [0, 0.05) is 18.6 Å². The number of alkyl halides is 3. The van der Waals surface area contributed by atoms with E-state index < -0.39 is 17.1 Å². The smallest absolute Gasteiger partial charge is 0.393 e. The molecule has 3 atom stereocenters. The van der Waals surface area contributed by atoms with Crippen molar-refractivity contribution < 1.29 is 13.2 Å². The van der Waals surface area contributed by atoms with Crippen LogP contribution in [0.3, 0.4) is 0 Å². The van der Waals surface area contributed by atoms with E-state index in [1.165, 1.54) is 0 Å². The largest absolute Gasteiger partial charge is 0.399 e. The van der Waals surface area contributed by atoms with Gasteiger partial charge >= 0.3 is 6.18 Å². The monoisotopic (exact) mass is 268 g/mol. The Hall–Kier alpha value is -0.360. The van der Waals surface area contributed by atoms with Gasteiger partial charge in [-0.1, -0.05) is 19.1 Å². The van der Waals surface area contributed by atoms with Crippen LogP contribution in [0.1, 0.15) is 33.1 Å². The highest BCUT2D eigenvalue weighted by Gasteiger charge is 2.44. The topological polar surface area (TPSA) is 29.3 Å². The molecular weight excluding hydrogens is 249 g/mol. The average molecular weight is 268 g/mol. The second-order valence-electron chi connectivity index (χ2n) is 4.68. The lowest BCUT2D eigenvalue weighted by Crippen LogP contribution is -2.46. The minimum Gasteiger partial charge on any atom is -0.393 e. The third-order valence-corrected chi connectivity index (χ3v) is 3.84.